The van der Waals surface area contributed by atoms with Crippen LogP contribution >= 0.6 is 34.8 Å². The van der Waals surface area contributed by atoms with Gasteiger partial charge in [0.15, 0.2) is 5.22 Å². The third kappa shape index (κ3) is 3.92. The van der Waals surface area contributed by atoms with Crippen LogP contribution in [-0.4, -0.2) is 6.54 Å². The Morgan fingerprint density at radius 1 is 1.20 bits per heavy atom. The number of furan rings is 1. The van der Waals surface area contributed by atoms with Crippen molar-refractivity contribution in [2.24, 2.45) is 0 Å². The van der Waals surface area contributed by atoms with Gasteiger partial charge in [-0.2, -0.15) is 0 Å². The molecular weight excluding hydrogens is 317 g/mol. The Kier molecular flexibility index (Phi) is 5.79. The first kappa shape index (κ1) is 15.7. The Labute approximate surface area is 134 Å². The number of halogens is 3. The molecule has 108 valence electrons. The zero-order valence-corrected chi connectivity index (χ0v) is 13.4. The molecule has 2 nitrogen and oxygen atoms in total. The lowest BCUT2D eigenvalue weighted by Crippen LogP contribution is -2.24. The molecular formula is C15H16Cl3NO. The van der Waals surface area contributed by atoms with Crippen LogP contribution in [0.3, 0.4) is 0 Å². The molecule has 0 aliphatic carbocycles. The third-order valence-corrected chi connectivity index (χ3v) is 4.01. The Balaban J connectivity index is 2.23. The Bertz CT molecular complexity index is 568. The number of nitrogens with one attached hydrogen (secondary N) is 1. The van der Waals surface area contributed by atoms with Gasteiger partial charge in [-0.1, -0.05) is 30.1 Å². The second-order valence-corrected chi connectivity index (χ2v) is 5.78. The summed E-state index contributed by atoms with van der Waals surface area (Å²) >= 11 is 18.4. The molecule has 0 spiro atoms. The molecule has 5 heteroatoms. The molecule has 0 aliphatic heterocycles. The second kappa shape index (κ2) is 7.37. The van der Waals surface area contributed by atoms with E-state index in [0.29, 0.717) is 21.7 Å². The van der Waals surface area contributed by atoms with Gasteiger partial charge in [0.05, 0.1) is 6.26 Å². The topological polar surface area (TPSA) is 25.2 Å². The van der Waals surface area contributed by atoms with Crippen molar-refractivity contribution in [3.05, 3.63) is 56.9 Å². The third-order valence-electron chi connectivity index (χ3n) is 3.09. The summed E-state index contributed by atoms with van der Waals surface area (Å²) in [5.41, 5.74) is 1.93. The molecule has 0 amide bonds. The molecule has 0 saturated heterocycles. The standard InChI is InChI=1S/C15H16Cl3NO/c1-2-6-19-14(12-5-7-20-15(12)18)9-10-8-11(16)3-4-13(10)17/h3-5,7-8,14,19H,2,6,9H2,1H3. The molecule has 1 heterocycles. The summed E-state index contributed by atoms with van der Waals surface area (Å²) in [5.74, 6) is 0. The smallest absolute Gasteiger partial charge is 0.197 e. The van der Waals surface area contributed by atoms with Gasteiger partial charge in [0.2, 0.25) is 0 Å². The average Bonchev–Trinajstić information content (AvgIpc) is 2.84. The first-order valence-electron chi connectivity index (χ1n) is 6.52. The Hall–Kier alpha value is -0.670. The maximum atomic E-state index is 6.23. The van der Waals surface area contributed by atoms with E-state index >= 15 is 0 Å². The Morgan fingerprint density at radius 2 is 2.00 bits per heavy atom. The van der Waals surface area contributed by atoms with Crippen LogP contribution in [-0.2, 0) is 6.42 Å². The summed E-state index contributed by atoms with van der Waals surface area (Å²) in [6.45, 7) is 3.01. The van der Waals surface area contributed by atoms with Gasteiger partial charge in [-0.3, -0.25) is 0 Å². The van der Waals surface area contributed by atoms with Crippen LogP contribution in [0.5, 0.6) is 0 Å². The number of rotatable bonds is 6. The first-order valence-corrected chi connectivity index (χ1v) is 7.65. The van der Waals surface area contributed by atoms with Crippen LogP contribution in [0.1, 0.15) is 30.5 Å². The van der Waals surface area contributed by atoms with Crippen LogP contribution < -0.4 is 5.32 Å². The lowest BCUT2D eigenvalue weighted by molar-refractivity contribution is 0.513. The summed E-state index contributed by atoms with van der Waals surface area (Å²) in [6, 6.07) is 7.42. The van der Waals surface area contributed by atoms with E-state index in [0.717, 1.165) is 24.1 Å². The highest BCUT2D eigenvalue weighted by atomic mass is 35.5. The summed E-state index contributed by atoms with van der Waals surface area (Å²) in [5, 5.41) is 5.26. The molecule has 2 rings (SSSR count). The number of hydrogen-bond acceptors (Lipinski definition) is 2. The molecule has 0 fully saturated rings. The van der Waals surface area contributed by atoms with Crippen LogP contribution in [0.15, 0.2) is 34.9 Å². The van der Waals surface area contributed by atoms with Crippen molar-refractivity contribution in [3.8, 4) is 0 Å². The molecule has 1 aromatic carbocycles. The molecule has 1 atom stereocenters. The summed E-state index contributed by atoms with van der Waals surface area (Å²) < 4.78 is 5.18. The fourth-order valence-electron chi connectivity index (χ4n) is 2.08. The quantitative estimate of drug-likeness (QED) is 0.753. The van der Waals surface area contributed by atoms with Gasteiger partial charge in [0, 0.05) is 21.7 Å². The molecule has 0 saturated carbocycles. The van der Waals surface area contributed by atoms with Crippen molar-refractivity contribution in [2.45, 2.75) is 25.8 Å². The molecule has 20 heavy (non-hydrogen) atoms. The van der Waals surface area contributed by atoms with Crippen molar-refractivity contribution in [2.75, 3.05) is 6.54 Å². The van der Waals surface area contributed by atoms with E-state index in [1.54, 1.807) is 12.3 Å². The minimum Gasteiger partial charge on any atom is -0.453 e. The van der Waals surface area contributed by atoms with E-state index in [-0.39, 0.29) is 6.04 Å². The zero-order valence-electron chi connectivity index (χ0n) is 11.1. The minimum atomic E-state index is 0.0529. The van der Waals surface area contributed by atoms with Crippen LogP contribution in [0.2, 0.25) is 15.3 Å². The van der Waals surface area contributed by atoms with Crippen molar-refractivity contribution >= 4 is 34.8 Å². The lowest BCUT2D eigenvalue weighted by atomic mass is 10.0. The highest BCUT2D eigenvalue weighted by Gasteiger charge is 2.18. The molecule has 0 bridgehead atoms. The average molecular weight is 333 g/mol. The molecule has 0 radical (unpaired) electrons. The fraction of sp³-hybridized carbons (Fsp3) is 0.333. The van der Waals surface area contributed by atoms with Gasteiger partial charge in [-0.05, 0) is 60.8 Å². The van der Waals surface area contributed by atoms with E-state index in [4.69, 9.17) is 39.2 Å². The van der Waals surface area contributed by atoms with Gasteiger partial charge in [-0.25, -0.2) is 0 Å². The summed E-state index contributed by atoms with van der Waals surface area (Å²) in [6.07, 6.45) is 3.34. The van der Waals surface area contributed by atoms with Gasteiger partial charge >= 0.3 is 0 Å². The predicted octanol–water partition coefficient (Wildman–Crippen LogP) is 5.52. The normalized spacial score (nSPS) is 12.6. The van der Waals surface area contributed by atoms with Gasteiger partial charge in [0.25, 0.3) is 0 Å². The number of hydrogen-bond donors (Lipinski definition) is 1. The van der Waals surface area contributed by atoms with Gasteiger partial charge < -0.3 is 9.73 Å². The maximum absolute atomic E-state index is 6.23. The largest absolute Gasteiger partial charge is 0.453 e. The van der Waals surface area contributed by atoms with Crippen molar-refractivity contribution < 1.29 is 4.42 Å². The van der Waals surface area contributed by atoms with E-state index in [1.165, 1.54) is 0 Å². The molecule has 1 N–H and O–H groups in total. The molecule has 2 aromatic rings. The predicted molar refractivity (Wildman–Crippen MR) is 84.9 cm³/mol. The number of benzene rings is 1. The van der Waals surface area contributed by atoms with Crippen molar-refractivity contribution in [1.82, 2.24) is 5.32 Å². The van der Waals surface area contributed by atoms with Gasteiger partial charge in [-0.15, -0.1) is 0 Å². The minimum absolute atomic E-state index is 0.0529. The monoisotopic (exact) mass is 331 g/mol. The second-order valence-electron chi connectivity index (χ2n) is 4.60. The molecule has 1 aromatic heterocycles. The highest BCUT2D eigenvalue weighted by molar-refractivity contribution is 6.33. The summed E-state index contributed by atoms with van der Waals surface area (Å²) in [4.78, 5) is 0. The highest BCUT2D eigenvalue weighted by Crippen LogP contribution is 2.30. The maximum Gasteiger partial charge on any atom is 0.197 e. The van der Waals surface area contributed by atoms with E-state index in [1.807, 2.05) is 18.2 Å². The first-order chi connectivity index (χ1) is 9.61. The Morgan fingerprint density at radius 3 is 2.65 bits per heavy atom. The van der Waals surface area contributed by atoms with Crippen molar-refractivity contribution in [3.63, 3.8) is 0 Å². The van der Waals surface area contributed by atoms with Crippen LogP contribution in [0, 0.1) is 0 Å². The SMILES string of the molecule is CCCNC(Cc1cc(Cl)ccc1Cl)c1ccoc1Cl. The van der Waals surface area contributed by atoms with E-state index in [2.05, 4.69) is 12.2 Å². The summed E-state index contributed by atoms with van der Waals surface area (Å²) in [7, 11) is 0. The van der Waals surface area contributed by atoms with Crippen molar-refractivity contribution in [1.29, 1.82) is 0 Å². The van der Waals surface area contributed by atoms with E-state index < -0.39 is 0 Å². The van der Waals surface area contributed by atoms with Crippen LogP contribution in [0.4, 0.5) is 0 Å². The lowest BCUT2D eigenvalue weighted by Gasteiger charge is -2.18. The van der Waals surface area contributed by atoms with Crippen LogP contribution in [0.25, 0.3) is 0 Å². The van der Waals surface area contributed by atoms with E-state index in [9.17, 15) is 0 Å². The van der Waals surface area contributed by atoms with Gasteiger partial charge in [0.1, 0.15) is 0 Å². The molecule has 1 unspecified atom stereocenters. The zero-order chi connectivity index (χ0) is 14.5. The molecule has 0 aliphatic rings. The fourth-order valence-corrected chi connectivity index (χ4v) is 2.72.